The molecular weight excluding hydrogens is 327 g/mol. The predicted octanol–water partition coefficient (Wildman–Crippen LogP) is 5.81. The van der Waals surface area contributed by atoms with Crippen LogP contribution < -0.4 is 0 Å². The Balaban J connectivity index is 0. The van der Waals surface area contributed by atoms with E-state index in [4.69, 9.17) is 0 Å². The van der Waals surface area contributed by atoms with E-state index < -0.39 is 18.4 Å². The fourth-order valence-electron chi connectivity index (χ4n) is 2.96. The molecule has 2 heteroatoms. The van der Waals surface area contributed by atoms with Crippen molar-refractivity contribution < 1.29 is 5.48 Å². The van der Waals surface area contributed by atoms with Crippen molar-refractivity contribution in [2.24, 2.45) is 0 Å². The van der Waals surface area contributed by atoms with Crippen molar-refractivity contribution >= 4 is 18.4 Å². The number of unbranched alkanes of at least 4 members (excludes halogenated alkanes) is 4. The fourth-order valence-corrected chi connectivity index (χ4v) is 19.8. The molecule has 18 heavy (non-hydrogen) atoms. The molecule has 0 aliphatic heterocycles. The minimum atomic E-state index is -1.69. The fraction of sp³-hybridized carbons (Fsp3) is 1.00. The molecule has 2 N–H and O–H groups in total. The Bertz CT molecular complexity index is 122. The minimum Gasteiger partial charge on any atom is -0.412 e. The molecule has 0 aromatic carbocycles. The Labute approximate surface area is 120 Å². The van der Waals surface area contributed by atoms with Crippen molar-refractivity contribution in [3.63, 3.8) is 0 Å². The van der Waals surface area contributed by atoms with Gasteiger partial charge in [0.1, 0.15) is 0 Å². The molecule has 0 fully saturated rings. The zero-order valence-corrected chi connectivity index (χ0v) is 16.3. The minimum absolute atomic E-state index is 0. The summed E-state index contributed by atoms with van der Waals surface area (Å²) < 4.78 is 6.80. The van der Waals surface area contributed by atoms with E-state index in [9.17, 15) is 0 Å². The molecule has 0 aliphatic carbocycles. The molecule has 0 saturated carbocycles. The van der Waals surface area contributed by atoms with Gasteiger partial charge in [-0.05, 0) is 0 Å². The summed E-state index contributed by atoms with van der Waals surface area (Å²) in [7, 11) is 0. The average Bonchev–Trinajstić information content (AvgIpc) is 2.37. The van der Waals surface area contributed by atoms with E-state index in [1.54, 1.807) is 17.7 Å². The van der Waals surface area contributed by atoms with Crippen LogP contribution >= 0.6 is 0 Å². The van der Waals surface area contributed by atoms with E-state index in [0.29, 0.717) is 0 Å². The zero-order valence-electron chi connectivity index (χ0n) is 13.5. The molecule has 112 valence electrons. The van der Waals surface area contributed by atoms with Crippen LogP contribution in [-0.2, 0) is 0 Å². The second-order valence-electron chi connectivity index (χ2n) is 5.91. The topological polar surface area (TPSA) is 31.5 Å². The summed E-state index contributed by atoms with van der Waals surface area (Å²) in [5.41, 5.74) is 0. The van der Waals surface area contributed by atoms with E-state index in [1.807, 2.05) is 0 Å². The molecule has 1 nitrogen and oxygen atoms in total. The maximum atomic E-state index is 2.37. The second-order valence-corrected chi connectivity index (χ2v) is 20.2. The second kappa shape index (κ2) is 14.2. The molecule has 0 saturated heterocycles. The van der Waals surface area contributed by atoms with Crippen LogP contribution in [0.5, 0.6) is 0 Å². The third kappa shape index (κ3) is 9.66. The van der Waals surface area contributed by atoms with Crippen LogP contribution in [0.15, 0.2) is 0 Å². The Hall–Kier alpha value is 0.759. The zero-order chi connectivity index (χ0) is 13.0. The van der Waals surface area contributed by atoms with E-state index in [0.717, 1.165) is 0 Å². The number of rotatable bonds is 12. The summed E-state index contributed by atoms with van der Waals surface area (Å²) in [6.07, 6.45) is 11.8. The van der Waals surface area contributed by atoms with Crippen molar-refractivity contribution in [1.82, 2.24) is 0 Å². The number of hydrogen-bond donors (Lipinski definition) is 0. The smallest absolute Gasteiger partial charge is 0.412 e. The van der Waals surface area contributed by atoms with Gasteiger partial charge in [-0.1, -0.05) is 0 Å². The SMILES string of the molecule is CCC[CH2][Sn]([CH2]CCC)([CH2]CCC)[CH2]CCC.O. The van der Waals surface area contributed by atoms with E-state index in [1.165, 1.54) is 51.4 Å². The summed E-state index contributed by atoms with van der Waals surface area (Å²) in [5.74, 6) is 0. The van der Waals surface area contributed by atoms with E-state index >= 15 is 0 Å². The van der Waals surface area contributed by atoms with Gasteiger partial charge in [-0.2, -0.15) is 0 Å². The predicted molar refractivity (Wildman–Crippen MR) is 88.2 cm³/mol. The van der Waals surface area contributed by atoms with Crippen LogP contribution in [0.4, 0.5) is 0 Å². The van der Waals surface area contributed by atoms with Gasteiger partial charge in [0, 0.05) is 0 Å². The summed E-state index contributed by atoms with van der Waals surface area (Å²) in [5, 5.41) is 0. The van der Waals surface area contributed by atoms with Crippen LogP contribution in [0.25, 0.3) is 0 Å². The Morgan fingerprint density at radius 3 is 0.889 bits per heavy atom. The normalized spacial score (nSPS) is 11.3. The molecule has 0 radical (unpaired) electrons. The first-order valence-corrected chi connectivity index (χ1v) is 16.3. The first kappa shape index (κ1) is 21.1. The standard InChI is InChI=1S/4C4H9.H2O.Sn/c4*1-3-4-2;;/h4*1,3-4H2,2H3;1H2;. The Kier molecular flexibility index (Phi) is 16.6. The largest absolute Gasteiger partial charge is 0.412 e. The molecule has 0 aromatic rings. The average molecular weight is 365 g/mol. The van der Waals surface area contributed by atoms with Gasteiger partial charge in [0.25, 0.3) is 0 Å². The van der Waals surface area contributed by atoms with Crippen LogP contribution in [-0.4, -0.2) is 23.9 Å². The maximum absolute atomic E-state index is 2.37. The van der Waals surface area contributed by atoms with Crippen molar-refractivity contribution in [2.45, 2.75) is 96.8 Å². The summed E-state index contributed by atoms with van der Waals surface area (Å²) in [6.45, 7) is 9.48. The first-order valence-electron chi connectivity index (χ1n) is 8.24. The van der Waals surface area contributed by atoms with Crippen molar-refractivity contribution in [1.29, 1.82) is 0 Å². The molecule has 0 rings (SSSR count). The van der Waals surface area contributed by atoms with E-state index in [-0.39, 0.29) is 5.48 Å². The van der Waals surface area contributed by atoms with Gasteiger partial charge in [0.05, 0.1) is 0 Å². The van der Waals surface area contributed by atoms with Gasteiger partial charge in [-0.15, -0.1) is 0 Å². The Morgan fingerprint density at radius 2 is 0.722 bits per heavy atom. The van der Waals surface area contributed by atoms with Crippen molar-refractivity contribution in [2.75, 3.05) is 0 Å². The summed E-state index contributed by atoms with van der Waals surface area (Å²) in [6, 6.07) is 0. The molecule has 0 amide bonds. The molecule has 0 aliphatic rings. The molecule has 0 spiro atoms. The van der Waals surface area contributed by atoms with E-state index in [2.05, 4.69) is 27.7 Å². The third-order valence-corrected chi connectivity index (χ3v) is 20.4. The van der Waals surface area contributed by atoms with Gasteiger partial charge in [0.2, 0.25) is 0 Å². The quantitative estimate of drug-likeness (QED) is 0.391. The molecule has 0 heterocycles. The van der Waals surface area contributed by atoms with Gasteiger partial charge < -0.3 is 5.48 Å². The third-order valence-electron chi connectivity index (χ3n) is 4.24. The van der Waals surface area contributed by atoms with Gasteiger partial charge in [-0.25, -0.2) is 0 Å². The van der Waals surface area contributed by atoms with Crippen molar-refractivity contribution in [3.8, 4) is 0 Å². The summed E-state index contributed by atoms with van der Waals surface area (Å²) >= 11 is -1.69. The molecule has 0 bridgehead atoms. The monoisotopic (exact) mass is 366 g/mol. The van der Waals surface area contributed by atoms with Crippen LogP contribution in [0, 0.1) is 0 Å². The number of hydrogen-bond acceptors (Lipinski definition) is 0. The molecule has 0 aromatic heterocycles. The van der Waals surface area contributed by atoms with Crippen molar-refractivity contribution in [3.05, 3.63) is 0 Å². The van der Waals surface area contributed by atoms with Gasteiger partial charge in [-0.3, -0.25) is 0 Å². The molecule has 0 atom stereocenters. The van der Waals surface area contributed by atoms with Gasteiger partial charge >= 0.3 is 115 Å². The van der Waals surface area contributed by atoms with Gasteiger partial charge in [0.15, 0.2) is 0 Å². The first-order chi connectivity index (χ1) is 8.24. The van der Waals surface area contributed by atoms with Crippen LogP contribution in [0.3, 0.4) is 0 Å². The Morgan fingerprint density at radius 1 is 0.500 bits per heavy atom. The molecular formula is C16H38OSn. The van der Waals surface area contributed by atoms with Crippen LogP contribution in [0.1, 0.15) is 79.1 Å². The van der Waals surface area contributed by atoms with Crippen LogP contribution in [0.2, 0.25) is 17.7 Å². The summed E-state index contributed by atoms with van der Waals surface area (Å²) in [4.78, 5) is 0. The maximum Gasteiger partial charge on any atom is -0.412 e. The molecule has 0 unspecified atom stereocenters.